The topological polar surface area (TPSA) is 39.2 Å². The number of carbonyl (C=O) groups excluding carboxylic acids is 1. The minimum Gasteiger partial charge on any atom is -0.465 e. The maximum Gasteiger partial charge on any atom is 0.316 e. The fraction of sp³-hybridized carbons (Fsp3) is 0.538. The van der Waals surface area contributed by atoms with Crippen molar-refractivity contribution in [2.45, 2.75) is 38.0 Å². The molecule has 86 valence electrons. The summed E-state index contributed by atoms with van der Waals surface area (Å²) < 4.78 is 5.22. The lowest BCUT2D eigenvalue weighted by Gasteiger charge is -2.26. The van der Waals surface area contributed by atoms with E-state index in [-0.39, 0.29) is 5.97 Å². The van der Waals surface area contributed by atoms with Crippen LogP contribution in [-0.2, 0) is 14.9 Å². The third-order valence-electron chi connectivity index (χ3n) is 3.34. The Hall–Kier alpha value is -1.38. The highest BCUT2D eigenvalue weighted by molar-refractivity contribution is 5.83. The number of ether oxygens (including phenoxy) is 1. The molecule has 0 aliphatic heterocycles. The number of rotatable bonds is 3. The van der Waals surface area contributed by atoms with Crippen molar-refractivity contribution in [1.82, 2.24) is 4.98 Å². The first-order chi connectivity index (χ1) is 7.79. The first-order valence-electron chi connectivity index (χ1n) is 5.87. The lowest BCUT2D eigenvalue weighted by atomic mass is 9.80. The molecule has 1 aliphatic carbocycles. The quantitative estimate of drug-likeness (QED) is 0.733. The minimum atomic E-state index is -0.426. The predicted octanol–water partition coefficient (Wildman–Crippen LogP) is 2.46. The SMILES string of the molecule is CCOC(=O)C1(c2cccnc2)CCCC1. The molecule has 3 nitrogen and oxygen atoms in total. The molecule has 1 fully saturated rings. The van der Waals surface area contributed by atoms with E-state index in [0.29, 0.717) is 6.61 Å². The number of carbonyl (C=O) groups is 1. The van der Waals surface area contributed by atoms with Gasteiger partial charge in [0, 0.05) is 12.4 Å². The van der Waals surface area contributed by atoms with Crippen LogP contribution in [0.1, 0.15) is 38.2 Å². The molecule has 0 radical (unpaired) electrons. The van der Waals surface area contributed by atoms with Crippen LogP contribution in [0, 0.1) is 0 Å². The molecule has 0 amide bonds. The molecule has 16 heavy (non-hydrogen) atoms. The van der Waals surface area contributed by atoms with Crippen LogP contribution in [0.2, 0.25) is 0 Å². The van der Waals surface area contributed by atoms with Crippen LogP contribution in [0.3, 0.4) is 0 Å². The number of nitrogens with zero attached hydrogens (tertiary/aromatic N) is 1. The van der Waals surface area contributed by atoms with E-state index in [9.17, 15) is 4.79 Å². The summed E-state index contributed by atoms with van der Waals surface area (Å²) in [6, 6.07) is 3.86. The van der Waals surface area contributed by atoms with Crippen molar-refractivity contribution in [2.75, 3.05) is 6.61 Å². The van der Waals surface area contributed by atoms with Crippen molar-refractivity contribution in [3.05, 3.63) is 30.1 Å². The van der Waals surface area contributed by atoms with Crippen molar-refractivity contribution in [2.24, 2.45) is 0 Å². The molecule has 0 spiro atoms. The Labute approximate surface area is 95.8 Å². The van der Waals surface area contributed by atoms with Gasteiger partial charge in [0.2, 0.25) is 0 Å². The Bertz CT molecular complexity index is 355. The summed E-state index contributed by atoms with van der Waals surface area (Å²) in [7, 11) is 0. The standard InChI is InChI=1S/C13H17NO2/c1-2-16-12(15)13(7-3-4-8-13)11-6-5-9-14-10-11/h5-6,9-10H,2-4,7-8H2,1H3. The monoisotopic (exact) mass is 219 g/mol. The van der Waals surface area contributed by atoms with E-state index in [4.69, 9.17) is 4.74 Å². The lowest BCUT2D eigenvalue weighted by Crippen LogP contribution is -2.34. The van der Waals surface area contributed by atoms with E-state index in [0.717, 1.165) is 31.2 Å². The van der Waals surface area contributed by atoms with E-state index in [1.807, 2.05) is 19.1 Å². The van der Waals surface area contributed by atoms with Gasteiger partial charge in [0.1, 0.15) is 0 Å². The maximum atomic E-state index is 12.1. The van der Waals surface area contributed by atoms with Crippen molar-refractivity contribution in [3.8, 4) is 0 Å². The van der Waals surface area contributed by atoms with Crippen LogP contribution in [0.25, 0.3) is 0 Å². The fourth-order valence-electron chi connectivity index (χ4n) is 2.50. The third-order valence-corrected chi connectivity index (χ3v) is 3.34. The van der Waals surface area contributed by atoms with Gasteiger partial charge in [-0.25, -0.2) is 0 Å². The minimum absolute atomic E-state index is 0.0829. The highest BCUT2D eigenvalue weighted by Crippen LogP contribution is 2.41. The number of hydrogen-bond acceptors (Lipinski definition) is 3. The van der Waals surface area contributed by atoms with Gasteiger partial charge in [-0.2, -0.15) is 0 Å². The van der Waals surface area contributed by atoms with Crippen molar-refractivity contribution in [3.63, 3.8) is 0 Å². The normalized spacial score (nSPS) is 18.3. The zero-order valence-corrected chi connectivity index (χ0v) is 9.61. The molecule has 0 aromatic carbocycles. The largest absolute Gasteiger partial charge is 0.465 e. The van der Waals surface area contributed by atoms with E-state index in [1.54, 1.807) is 12.4 Å². The number of hydrogen-bond donors (Lipinski definition) is 0. The van der Waals surface area contributed by atoms with Gasteiger partial charge in [0.25, 0.3) is 0 Å². The van der Waals surface area contributed by atoms with Gasteiger partial charge in [-0.3, -0.25) is 9.78 Å². The molecule has 1 aliphatic rings. The lowest BCUT2D eigenvalue weighted by molar-refractivity contribution is -0.150. The van der Waals surface area contributed by atoms with Crippen molar-refractivity contribution in [1.29, 1.82) is 0 Å². The average Bonchev–Trinajstić information content (AvgIpc) is 2.81. The van der Waals surface area contributed by atoms with E-state index < -0.39 is 5.41 Å². The Morgan fingerprint density at radius 3 is 2.81 bits per heavy atom. The summed E-state index contributed by atoms with van der Waals surface area (Å²) in [5, 5.41) is 0. The van der Waals surface area contributed by atoms with Crippen LogP contribution in [0.4, 0.5) is 0 Å². The molecule has 1 aromatic heterocycles. The highest BCUT2D eigenvalue weighted by atomic mass is 16.5. The molecule has 0 bridgehead atoms. The second-order valence-corrected chi connectivity index (χ2v) is 4.25. The van der Waals surface area contributed by atoms with Crippen LogP contribution in [0.5, 0.6) is 0 Å². The Balaban J connectivity index is 2.32. The van der Waals surface area contributed by atoms with E-state index in [1.165, 1.54) is 0 Å². The van der Waals surface area contributed by atoms with Gasteiger partial charge in [0.15, 0.2) is 0 Å². The molecule has 1 heterocycles. The predicted molar refractivity (Wildman–Crippen MR) is 61.0 cm³/mol. The summed E-state index contributed by atoms with van der Waals surface area (Å²) >= 11 is 0. The molecule has 3 heteroatoms. The summed E-state index contributed by atoms with van der Waals surface area (Å²) in [5.41, 5.74) is 0.579. The third kappa shape index (κ3) is 1.82. The summed E-state index contributed by atoms with van der Waals surface area (Å²) in [5.74, 6) is -0.0829. The van der Waals surface area contributed by atoms with Crippen LogP contribution in [-0.4, -0.2) is 17.6 Å². The van der Waals surface area contributed by atoms with Crippen molar-refractivity contribution < 1.29 is 9.53 Å². The molecule has 1 aromatic rings. The van der Waals surface area contributed by atoms with Crippen molar-refractivity contribution >= 4 is 5.97 Å². The number of aromatic nitrogens is 1. The van der Waals surface area contributed by atoms with Gasteiger partial charge >= 0.3 is 5.97 Å². The van der Waals surface area contributed by atoms with E-state index >= 15 is 0 Å². The second-order valence-electron chi connectivity index (χ2n) is 4.25. The maximum absolute atomic E-state index is 12.1. The van der Waals surface area contributed by atoms with Gasteiger partial charge in [-0.1, -0.05) is 18.9 Å². The molecule has 0 unspecified atom stereocenters. The molecule has 2 rings (SSSR count). The fourth-order valence-corrected chi connectivity index (χ4v) is 2.50. The highest BCUT2D eigenvalue weighted by Gasteiger charge is 2.44. The van der Waals surface area contributed by atoms with Crippen LogP contribution in [0.15, 0.2) is 24.5 Å². The zero-order chi connectivity index (χ0) is 11.4. The summed E-state index contributed by atoms with van der Waals surface area (Å²) in [6.07, 6.45) is 7.48. The zero-order valence-electron chi connectivity index (χ0n) is 9.61. The first-order valence-corrected chi connectivity index (χ1v) is 5.87. The van der Waals surface area contributed by atoms with Gasteiger partial charge in [0.05, 0.1) is 12.0 Å². The number of esters is 1. The van der Waals surface area contributed by atoms with Gasteiger partial charge < -0.3 is 4.74 Å². The van der Waals surface area contributed by atoms with E-state index in [2.05, 4.69) is 4.98 Å². The van der Waals surface area contributed by atoms with Gasteiger partial charge in [-0.15, -0.1) is 0 Å². The molecular weight excluding hydrogens is 202 g/mol. The molecule has 0 N–H and O–H groups in total. The Kier molecular flexibility index (Phi) is 3.22. The number of pyridine rings is 1. The molecular formula is C13H17NO2. The smallest absolute Gasteiger partial charge is 0.316 e. The van der Waals surface area contributed by atoms with Gasteiger partial charge in [-0.05, 0) is 31.4 Å². The Morgan fingerprint density at radius 1 is 1.50 bits per heavy atom. The average molecular weight is 219 g/mol. The second kappa shape index (κ2) is 4.64. The van der Waals surface area contributed by atoms with Crippen LogP contribution >= 0.6 is 0 Å². The molecule has 1 saturated carbocycles. The van der Waals surface area contributed by atoms with Crippen LogP contribution < -0.4 is 0 Å². The summed E-state index contributed by atoms with van der Waals surface area (Å²) in [6.45, 7) is 2.30. The molecule has 0 atom stereocenters. The Morgan fingerprint density at radius 2 is 2.25 bits per heavy atom. The molecule has 0 saturated heterocycles. The first kappa shape index (κ1) is 11.1. The summed E-state index contributed by atoms with van der Waals surface area (Å²) in [4.78, 5) is 16.2.